The van der Waals surface area contributed by atoms with Crippen LogP contribution in [0.1, 0.15) is 41.6 Å². The Morgan fingerprint density at radius 1 is 1.14 bits per heavy atom. The fourth-order valence-electron chi connectivity index (χ4n) is 4.87. The van der Waals surface area contributed by atoms with Gasteiger partial charge in [-0.15, -0.1) is 0 Å². The van der Waals surface area contributed by atoms with Gasteiger partial charge >= 0.3 is 0 Å². The van der Waals surface area contributed by atoms with Gasteiger partial charge in [-0.25, -0.2) is 4.39 Å². The second-order valence-electron chi connectivity index (χ2n) is 9.31. The van der Waals surface area contributed by atoms with Gasteiger partial charge < -0.3 is 4.90 Å². The number of fused-ring (bicyclic) bond motifs is 1. The monoisotopic (exact) mass is 497 g/mol. The summed E-state index contributed by atoms with van der Waals surface area (Å²) in [6.45, 7) is 1.79. The van der Waals surface area contributed by atoms with Crippen molar-refractivity contribution in [3.63, 3.8) is 0 Å². The molecule has 4 rings (SSSR count). The lowest BCUT2D eigenvalue weighted by molar-refractivity contribution is -0.127. The molecule has 1 N–H and O–H groups in total. The van der Waals surface area contributed by atoms with Gasteiger partial charge in [-0.2, -0.15) is 0 Å². The lowest BCUT2D eigenvalue weighted by atomic mass is 9.91. The van der Waals surface area contributed by atoms with Gasteiger partial charge in [-0.1, -0.05) is 17.7 Å². The summed E-state index contributed by atoms with van der Waals surface area (Å²) >= 11 is 5.98. The van der Waals surface area contributed by atoms with Crippen LogP contribution in [-0.4, -0.2) is 28.5 Å². The van der Waals surface area contributed by atoms with E-state index in [1.807, 2.05) is 6.07 Å². The third-order valence-corrected chi connectivity index (χ3v) is 6.81. The zero-order chi connectivity index (χ0) is 25.1. The Kier molecular flexibility index (Phi) is 7.55. The molecule has 0 saturated heterocycles. The number of carbonyl (C=O) groups is 2. The van der Waals surface area contributed by atoms with E-state index in [9.17, 15) is 18.8 Å². The third kappa shape index (κ3) is 5.90. The first kappa shape index (κ1) is 24.9. The van der Waals surface area contributed by atoms with Gasteiger partial charge in [0.2, 0.25) is 5.91 Å². The molecule has 1 aliphatic rings. The van der Waals surface area contributed by atoms with Gasteiger partial charge in [-0.3, -0.25) is 24.2 Å². The standard InChI is InChI=1S/C27H29ClFN3O3/c1-17-11-18(14-21(29)12-17)13-19(27(35)31(2)22-9-7-20(28)8-10-22)15-23(33)16-32-25-6-4-3-5-24(25)26(34)30-32/h7-12,14,19H,3-6,13,15-16H2,1-2H3,(H,30,34). The molecule has 0 radical (unpaired) electrons. The number of halogens is 2. The highest BCUT2D eigenvalue weighted by Gasteiger charge is 2.27. The van der Waals surface area contributed by atoms with E-state index in [0.29, 0.717) is 16.3 Å². The largest absolute Gasteiger partial charge is 0.315 e. The van der Waals surface area contributed by atoms with Gasteiger partial charge in [-0.05, 0) is 86.6 Å². The fraction of sp³-hybridized carbons (Fsp3) is 0.370. The van der Waals surface area contributed by atoms with Crippen molar-refractivity contribution in [2.45, 2.75) is 52.0 Å². The van der Waals surface area contributed by atoms with Crippen LogP contribution in [0.3, 0.4) is 0 Å². The van der Waals surface area contributed by atoms with Crippen LogP contribution in [0.4, 0.5) is 10.1 Å². The lowest BCUT2D eigenvalue weighted by Gasteiger charge is -2.24. The normalized spacial score (nSPS) is 13.8. The molecule has 0 aliphatic heterocycles. The quantitative estimate of drug-likeness (QED) is 0.492. The predicted molar refractivity (Wildman–Crippen MR) is 135 cm³/mol. The number of aryl methyl sites for hydroxylation is 1. The van der Waals surface area contributed by atoms with Crippen molar-refractivity contribution >= 4 is 29.0 Å². The van der Waals surface area contributed by atoms with Crippen LogP contribution in [0, 0.1) is 18.7 Å². The minimum Gasteiger partial charge on any atom is -0.315 e. The molecule has 0 bridgehead atoms. The van der Waals surface area contributed by atoms with Gasteiger partial charge in [0, 0.05) is 41.4 Å². The molecule has 3 aromatic rings. The molecule has 2 aromatic carbocycles. The summed E-state index contributed by atoms with van der Waals surface area (Å²) in [6, 6.07) is 11.5. The van der Waals surface area contributed by atoms with Crippen molar-refractivity contribution < 1.29 is 14.0 Å². The van der Waals surface area contributed by atoms with E-state index in [1.54, 1.807) is 42.9 Å². The number of hydrogen-bond donors (Lipinski definition) is 1. The van der Waals surface area contributed by atoms with E-state index in [4.69, 9.17) is 11.6 Å². The minimum absolute atomic E-state index is 0.00118. The highest BCUT2D eigenvalue weighted by atomic mass is 35.5. The second kappa shape index (κ2) is 10.6. The highest BCUT2D eigenvalue weighted by Crippen LogP contribution is 2.24. The second-order valence-corrected chi connectivity index (χ2v) is 9.75. The molecular weight excluding hydrogens is 469 g/mol. The maximum absolute atomic E-state index is 14.0. The zero-order valence-electron chi connectivity index (χ0n) is 19.9. The van der Waals surface area contributed by atoms with Crippen molar-refractivity contribution in [1.82, 2.24) is 9.78 Å². The molecule has 184 valence electrons. The summed E-state index contributed by atoms with van der Waals surface area (Å²) in [5.74, 6) is -1.48. The van der Waals surface area contributed by atoms with E-state index in [0.717, 1.165) is 42.5 Å². The maximum atomic E-state index is 14.0. The van der Waals surface area contributed by atoms with Crippen molar-refractivity contribution in [3.05, 3.63) is 86.0 Å². The number of hydrogen-bond acceptors (Lipinski definition) is 3. The molecule has 0 spiro atoms. The van der Waals surface area contributed by atoms with Crippen molar-refractivity contribution in [2.24, 2.45) is 5.92 Å². The van der Waals surface area contributed by atoms with Crippen LogP contribution >= 0.6 is 11.6 Å². The molecule has 35 heavy (non-hydrogen) atoms. The van der Waals surface area contributed by atoms with E-state index >= 15 is 0 Å². The maximum Gasteiger partial charge on any atom is 0.267 e. The van der Waals surface area contributed by atoms with Crippen molar-refractivity contribution in [2.75, 3.05) is 11.9 Å². The lowest BCUT2D eigenvalue weighted by Crippen LogP contribution is -2.36. The Morgan fingerprint density at radius 3 is 2.57 bits per heavy atom. The minimum atomic E-state index is -0.692. The molecule has 1 aliphatic carbocycles. The molecule has 8 heteroatoms. The van der Waals surface area contributed by atoms with Crippen LogP contribution in [-0.2, 0) is 35.4 Å². The van der Waals surface area contributed by atoms with E-state index < -0.39 is 5.92 Å². The Labute approximate surface area is 208 Å². The first-order valence-electron chi connectivity index (χ1n) is 11.8. The van der Waals surface area contributed by atoms with Crippen LogP contribution in [0.25, 0.3) is 0 Å². The Morgan fingerprint density at radius 2 is 1.86 bits per heavy atom. The average molecular weight is 498 g/mol. The molecule has 1 unspecified atom stereocenters. The highest BCUT2D eigenvalue weighted by molar-refractivity contribution is 6.30. The number of nitrogens with zero attached hydrogens (tertiary/aromatic N) is 2. The number of ketones is 1. The molecule has 0 saturated carbocycles. The number of rotatable bonds is 8. The molecule has 1 atom stereocenters. The third-order valence-electron chi connectivity index (χ3n) is 6.56. The molecule has 1 amide bonds. The number of anilines is 1. The number of aromatic nitrogens is 2. The van der Waals surface area contributed by atoms with E-state index in [2.05, 4.69) is 5.10 Å². The Balaban J connectivity index is 1.57. The number of amides is 1. The van der Waals surface area contributed by atoms with Crippen LogP contribution < -0.4 is 10.5 Å². The summed E-state index contributed by atoms with van der Waals surface area (Å²) in [5.41, 5.74) is 3.56. The van der Waals surface area contributed by atoms with Gasteiger partial charge in [0.05, 0.1) is 6.54 Å². The molecule has 1 heterocycles. The van der Waals surface area contributed by atoms with Crippen molar-refractivity contribution in [1.29, 1.82) is 0 Å². The number of Topliss-reactive ketones (excluding diaryl/α,β-unsaturated/α-hetero) is 1. The summed E-state index contributed by atoms with van der Waals surface area (Å²) in [5, 5.41) is 3.35. The number of carbonyl (C=O) groups excluding carboxylic acids is 2. The predicted octanol–water partition coefficient (Wildman–Crippen LogP) is 4.64. The zero-order valence-corrected chi connectivity index (χ0v) is 20.7. The van der Waals surface area contributed by atoms with Crippen LogP contribution in [0.2, 0.25) is 5.02 Å². The van der Waals surface area contributed by atoms with Gasteiger partial charge in [0.15, 0.2) is 5.78 Å². The Hall–Kier alpha value is -3.19. The number of nitrogens with one attached hydrogen (secondary N) is 1. The molecule has 1 aromatic heterocycles. The number of aromatic amines is 1. The molecule has 6 nitrogen and oxygen atoms in total. The van der Waals surface area contributed by atoms with E-state index in [1.165, 1.54) is 17.0 Å². The van der Waals surface area contributed by atoms with E-state index in [-0.39, 0.29) is 42.5 Å². The number of benzene rings is 2. The van der Waals surface area contributed by atoms with Crippen LogP contribution in [0.15, 0.2) is 47.3 Å². The first-order chi connectivity index (χ1) is 16.7. The molecular formula is C27H29ClFN3O3. The topological polar surface area (TPSA) is 75.2 Å². The number of H-pyrrole nitrogens is 1. The van der Waals surface area contributed by atoms with Gasteiger partial charge in [0.25, 0.3) is 5.56 Å². The SMILES string of the molecule is Cc1cc(F)cc(CC(CC(=O)Cn2[nH]c(=O)c3c2CCCC3)C(=O)N(C)c2ccc(Cl)cc2)c1. The molecule has 0 fully saturated rings. The first-order valence-corrected chi connectivity index (χ1v) is 12.2. The average Bonchev–Trinajstić information content (AvgIpc) is 3.12. The summed E-state index contributed by atoms with van der Waals surface area (Å²) in [4.78, 5) is 40.4. The smallest absolute Gasteiger partial charge is 0.267 e. The Bertz CT molecular complexity index is 1280. The summed E-state index contributed by atoms with van der Waals surface area (Å²) in [7, 11) is 1.65. The van der Waals surface area contributed by atoms with Crippen molar-refractivity contribution in [3.8, 4) is 0 Å². The van der Waals surface area contributed by atoms with Crippen LogP contribution in [0.5, 0.6) is 0 Å². The summed E-state index contributed by atoms with van der Waals surface area (Å²) in [6.07, 6.45) is 3.62. The summed E-state index contributed by atoms with van der Waals surface area (Å²) < 4.78 is 15.7. The fourth-order valence-corrected chi connectivity index (χ4v) is 4.99. The van der Waals surface area contributed by atoms with Gasteiger partial charge in [0.1, 0.15) is 5.82 Å².